The third kappa shape index (κ3) is 4.53. The average Bonchev–Trinajstić information content (AvgIpc) is 2.36. The standard InChI is InChI=1S/C15H22BrNO2/c1-5-17(15(2,3)4)14(18)12-6-8-13(9-7-12)19-11-10-16/h6-9H,5,10-11H2,1-4H3. The van der Waals surface area contributed by atoms with Crippen LogP contribution in [0.25, 0.3) is 0 Å². The molecule has 0 aromatic heterocycles. The van der Waals surface area contributed by atoms with Crippen molar-refractivity contribution < 1.29 is 9.53 Å². The zero-order chi connectivity index (χ0) is 14.5. The van der Waals surface area contributed by atoms with E-state index in [1.54, 1.807) is 0 Å². The minimum atomic E-state index is -0.170. The van der Waals surface area contributed by atoms with Crippen LogP contribution in [0.4, 0.5) is 0 Å². The SMILES string of the molecule is CCN(C(=O)c1ccc(OCCBr)cc1)C(C)(C)C. The minimum Gasteiger partial charge on any atom is -0.493 e. The van der Waals surface area contributed by atoms with Crippen LogP contribution in [0.15, 0.2) is 24.3 Å². The molecule has 0 unspecified atom stereocenters. The monoisotopic (exact) mass is 327 g/mol. The van der Waals surface area contributed by atoms with Crippen molar-refractivity contribution in [2.45, 2.75) is 33.2 Å². The number of halogens is 1. The highest BCUT2D eigenvalue weighted by atomic mass is 79.9. The van der Waals surface area contributed by atoms with Crippen LogP contribution >= 0.6 is 15.9 Å². The van der Waals surface area contributed by atoms with Gasteiger partial charge < -0.3 is 9.64 Å². The Kier molecular flexibility index (Phi) is 5.85. The zero-order valence-electron chi connectivity index (χ0n) is 12.1. The van der Waals surface area contributed by atoms with E-state index in [1.165, 1.54) is 0 Å². The second-order valence-corrected chi connectivity index (χ2v) is 6.08. The number of ether oxygens (including phenoxy) is 1. The molecule has 0 heterocycles. The summed E-state index contributed by atoms with van der Waals surface area (Å²) in [6, 6.07) is 7.32. The van der Waals surface area contributed by atoms with Crippen molar-refractivity contribution in [3.05, 3.63) is 29.8 Å². The Balaban J connectivity index is 2.82. The van der Waals surface area contributed by atoms with Crippen LogP contribution in [0.2, 0.25) is 0 Å². The van der Waals surface area contributed by atoms with E-state index in [1.807, 2.05) is 56.9 Å². The fourth-order valence-electron chi connectivity index (χ4n) is 1.93. The quantitative estimate of drug-likeness (QED) is 0.771. The lowest BCUT2D eigenvalue weighted by molar-refractivity contribution is 0.0599. The van der Waals surface area contributed by atoms with Crippen LogP contribution in [-0.4, -0.2) is 34.8 Å². The van der Waals surface area contributed by atoms with Crippen molar-refractivity contribution in [3.63, 3.8) is 0 Å². The summed E-state index contributed by atoms with van der Waals surface area (Å²) < 4.78 is 5.47. The summed E-state index contributed by atoms with van der Waals surface area (Å²) in [6.45, 7) is 9.45. The minimum absolute atomic E-state index is 0.0574. The number of hydrogen-bond donors (Lipinski definition) is 0. The van der Waals surface area contributed by atoms with Crippen LogP contribution in [0.3, 0.4) is 0 Å². The summed E-state index contributed by atoms with van der Waals surface area (Å²) in [5, 5.41) is 0.793. The number of carbonyl (C=O) groups is 1. The molecule has 3 nitrogen and oxygen atoms in total. The molecule has 0 atom stereocenters. The fraction of sp³-hybridized carbons (Fsp3) is 0.533. The van der Waals surface area contributed by atoms with Crippen molar-refractivity contribution in [3.8, 4) is 5.75 Å². The molecule has 19 heavy (non-hydrogen) atoms. The van der Waals surface area contributed by atoms with Crippen molar-refractivity contribution in [2.75, 3.05) is 18.5 Å². The van der Waals surface area contributed by atoms with Gasteiger partial charge in [0.25, 0.3) is 5.91 Å². The third-order valence-electron chi connectivity index (χ3n) is 2.82. The number of benzene rings is 1. The molecule has 0 saturated carbocycles. The van der Waals surface area contributed by atoms with Crippen molar-refractivity contribution in [2.24, 2.45) is 0 Å². The fourth-order valence-corrected chi connectivity index (χ4v) is 2.09. The smallest absolute Gasteiger partial charge is 0.254 e. The second-order valence-electron chi connectivity index (χ2n) is 5.28. The first-order valence-corrected chi connectivity index (χ1v) is 7.63. The first-order chi connectivity index (χ1) is 8.90. The lowest BCUT2D eigenvalue weighted by atomic mass is 10.0. The van der Waals surface area contributed by atoms with Gasteiger partial charge in [-0.05, 0) is 52.0 Å². The van der Waals surface area contributed by atoms with Gasteiger partial charge in [-0.2, -0.15) is 0 Å². The largest absolute Gasteiger partial charge is 0.493 e. The molecule has 0 radical (unpaired) electrons. The van der Waals surface area contributed by atoms with E-state index in [9.17, 15) is 4.79 Å². The van der Waals surface area contributed by atoms with Gasteiger partial charge in [-0.1, -0.05) is 15.9 Å². The predicted molar refractivity (Wildman–Crippen MR) is 82.2 cm³/mol. The maximum Gasteiger partial charge on any atom is 0.254 e. The summed E-state index contributed by atoms with van der Waals surface area (Å²) in [5.41, 5.74) is 0.528. The molecule has 0 spiro atoms. The molecule has 1 rings (SSSR count). The molecule has 0 N–H and O–H groups in total. The Hall–Kier alpha value is -1.03. The van der Waals surface area contributed by atoms with Crippen molar-refractivity contribution >= 4 is 21.8 Å². The highest BCUT2D eigenvalue weighted by Crippen LogP contribution is 2.19. The van der Waals surface area contributed by atoms with Gasteiger partial charge >= 0.3 is 0 Å². The zero-order valence-corrected chi connectivity index (χ0v) is 13.7. The van der Waals surface area contributed by atoms with E-state index in [0.29, 0.717) is 18.7 Å². The predicted octanol–water partition coefficient (Wildman–Crippen LogP) is 3.72. The Morgan fingerprint density at radius 1 is 1.26 bits per heavy atom. The summed E-state index contributed by atoms with van der Waals surface area (Å²) >= 11 is 3.31. The van der Waals surface area contributed by atoms with Gasteiger partial charge in [0.15, 0.2) is 0 Å². The molecule has 0 saturated heterocycles. The number of alkyl halides is 1. The second kappa shape index (κ2) is 6.94. The highest BCUT2D eigenvalue weighted by molar-refractivity contribution is 9.09. The van der Waals surface area contributed by atoms with E-state index >= 15 is 0 Å². The first-order valence-electron chi connectivity index (χ1n) is 6.51. The third-order valence-corrected chi connectivity index (χ3v) is 3.14. The molecule has 0 fully saturated rings. The molecule has 1 aromatic rings. The number of hydrogen-bond acceptors (Lipinski definition) is 2. The van der Waals surface area contributed by atoms with E-state index in [-0.39, 0.29) is 11.4 Å². The van der Waals surface area contributed by atoms with Gasteiger partial charge in [0.05, 0.1) is 6.61 Å². The van der Waals surface area contributed by atoms with Crippen molar-refractivity contribution in [1.82, 2.24) is 4.90 Å². The summed E-state index contributed by atoms with van der Waals surface area (Å²) in [6.07, 6.45) is 0. The first kappa shape index (κ1) is 16.0. The molecule has 4 heteroatoms. The molecule has 1 amide bonds. The summed E-state index contributed by atoms with van der Waals surface area (Å²) in [5.74, 6) is 0.844. The molecule has 0 bridgehead atoms. The summed E-state index contributed by atoms with van der Waals surface area (Å²) in [4.78, 5) is 14.3. The van der Waals surface area contributed by atoms with E-state index < -0.39 is 0 Å². The molecule has 0 aliphatic rings. The number of rotatable bonds is 5. The van der Waals surface area contributed by atoms with Gasteiger partial charge in [-0.25, -0.2) is 0 Å². The molecular weight excluding hydrogens is 306 g/mol. The Labute approximate surface area is 124 Å². The number of amides is 1. The Bertz CT molecular complexity index is 409. The molecule has 0 aliphatic carbocycles. The Morgan fingerprint density at radius 2 is 1.84 bits per heavy atom. The molecule has 1 aromatic carbocycles. The molecule has 106 valence electrons. The lowest BCUT2D eigenvalue weighted by Crippen LogP contribution is -2.45. The van der Waals surface area contributed by atoms with Crippen LogP contribution in [-0.2, 0) is 0 Å². The summed E-state index contributed by atoms with van der Waals surface area (Å²) in [7, 11) is 0. The average molecular weight is 328 g/mol. The van der Waals surface area contributed by atoms with Crippen LogP contribution in [0, 0.1) is 0 Å². The maximum atomic E-state index is 12.4. The highest BCUT2D eigenvalue weighted by Gasteiger charge is 2.25. The van der Waals surface area contributed by atoms with Crippen LogP contribution in [0.5, 0.6) is 5.75 Å². The van der Waals surface area contributed by atoms with Crippen LogP contribution < -0.4 is 4.74 Å². The maximum absolute atomic E-state index is 12.4. The molecule has 0 aliphatic heterocycles. The van der Waals surface area contributed by atoms with Gasteiger partial charge in [-0.3, -0.25) is 4.79 Å². The topological polar surface area (TPSA) is 29.5 Å². The van der Waals surface area contributed by atoms with E-state index in [2.05, 4.69) is 15.9 Å². The van der Waals surface area contributed by atoms with Gasteiger partial charge in [-0.15, -0.1) is 0 Å². The lowest BCUT2D eigenvalue weighted by Gasteiger charge is -2.34. The van der Waals surface area contributed by atoms with Crippen LogP contribution in [0.1, 0.15) is 38.1 Å². The number of nitrogens with zero attached hydrogens (tertiary/aromatic N) is 1. The van der Waals surface area contributed by atoms with E-state index in [4.69, 9.17) is 4.74 Å². The van der Waals surface area contributed by atoms with Gasteiger partial charge in [0.2, 0.25) is 0 Å². The van der Waals surface area contributed by atoms with E-state index in [0.717, 1.165) is 11.1 Å². The van der Waals surface area contributed by atoms with Gasteiger partial charge in [0.1, 0.15) is 5.75 Å². The normalized spacial score (nSPS) is 11.2. The number of carbonyl (C=O) groups excluding carboxylic acids is 1. The molecular formula is C15H22BrNO2. The Morgan fingerprint density at radius 3 is 2.26 bits per heavy atom. The van der Waals surface area contributed by atoms with Gasteiger partial charge in [0, 0.05) is 23.0 Å². The van der Waals surface area contributed by atoms with Crippen molar-refractivity contribution in [1.29, 1.82) is 0 Å².